The molecule has 118 valence electrons. The number of halogens is 1. The molecule has 1 aromatic rings. The van der Waals surface area contributed by atoms with Crippen molar-refractivity contribution < 1.29 is 14.2 Å². The molecule has 3 nitrogen and oxygen atoms in total. The van der Waals surface area contributed by atoms with Gasteiger partial charge in [-0.15, -0.1) is 0 Å². The first-order valence-electron chi connectivity index (χ1n) is 7.91. The molecule has 0 aliphatic heterocycles. The lowest BCUT2D eigenvalue weighted by Crippen LogP contribution is -2.18. The van der Waals surface area contributed by atoms with E-state index in [1.165, 1.54) is 0 Å². The molecule has 4 heteroatoms. The highest BCUT2D eigenvalue weighted by atomic mass is 19.3. The van der Waals surface area contributed by atoms with Gasteiger partial charge in [-0.05, 0) is 47.6 Å². The Bertz CT molecular complexity index is 464. The number of hydrogen-bond donors (Lipinski definition) is 0. The minimum atomic E-state index is -0.548. The van der Waals surface area contributed by atoms with Gasteiger partial charge in [0.2, 0.25) is 0 Å². The summed E-state index contributed by atoms with van der Waals surface area (Å²) in [6, 6.07) is 1.89. The number of pyridine rings is 1. The Kier molecular flexibility index (Phi) is 5.57. The third kappa shape index (κ3) is 3.94. The minimum absolute atomic E-state index is 0.329. The van der Waals surface area contributed by atoms with Crippen LogP contribution in [0, 0.1) is 11.8 Å². The van der Waals surface area contributed by atoms with Gasteiger partial charge >= 0.3 is 0 Å². The fourth-order valence-corrected chi connectivity index (χ4v) is 3.22. The van der Waals surface area contributed by atoms with Gasteiger partial charge in [-0.2, -0.15) is 4.94 Å². The zero-order valence-corrected chi connectivity index (χ0v) is 13.4. The van der Waals surface area contributed by atoms with E-state index >= 15 is 0 Å². The number of rotatable bonds is 6. The highest BCUT2D eigenvalue weighted by Gasteiger charge is 2.30. The lowest BCUT2D eigenvalue weighted by Gasteiger charge is -2.28. The summed E-state index contributed by atoms with van der Waals surface area (Å²) < 4.78 is 18.7. The maximum Gasteiger partial charge on any atom is 0.141 e. The van der Waals surface area contributed by atoms with Gasteiger partial charge in [0.05, 0.1) is 12.3 Å². The second-order valence-corrected chi connectivity index (χ2v) is 6.71. The number of aromatic nitrogens is 1. The Morgan fingerprint density at radius 1 is 1.33 bits per heavy atom. The van der Waals surface area contributed by atoms with E-state index in [0.717, 1.165) is 24.2 Å². The van der Waals surface area contributed by atoms with Crippen LogP contribution < -0.4 is 4.74 Å². The van der Waals surface area contributed by atoms with Gasteiger partial charge in [-0.1, -0.05) is 27.7 Å². The summed E-state index contributed by atoms with van der Waals surface area (Å²) in [6.45, 7) is 9.46. The molecule has 0 saturated heterocycles. The van der Waals surface area contributed by atoms with Gasteiger partial charge in [0.1, 0.15) is 11.9 Å². The Morgan fingerprint density at radius 2 is 2.10 bits per heavy atom. The van der Waals surface area contributed by atoms with Gasteiger partial charge in [0.15, 0.2) is 0 Å². The van der Waals surface area contributed by atoms with E-state index in [9.17, 15) is 4.53 Å². The topological polar surface area (TPSA) is 31.4 Å². The number of hydrogen-bond acceptors (Lipinski definition) is 3. The summed E-state index contributed by atoms with van der Waals surface area (Å²) >= 11 is 0. The maximum absolute atomic E-state index is 12.7. The van der Waals surface area contributed by atoms with Crippen molar-refractivity contribution in [1.29, 1.82) is 0 Å². The molecule has 0 saturated carbocycles. The molecule has 1 aromatic heterocycles. The molecule has 0 bridgehead atoms. The molecule has 1 aliphatic rings. The van der Waals surface area contributed by atoms with Crippen LogP contribution in [0.5, 0.6) is 5.75 Å². The van der Waals surface area contributed by atoms with E-state index in [4.69, 9.17) is 4.74 Å². The largest absolute Gasteiger partial charge is 0.493 e. The second-order valence-electron chi connectivity index (χ2n) is 6.71. The van der Waals surface area contributed by atoms with Crippen molar-refractivity contribution in [3.05, 3.63) is 23.5 Å². The molecule has 0 amide bonds. The standard InChI is InChI=1S/C17H26FNO2/c1-11(2)9-12(3)10-20-14-7-8-19-17-15(21-18)6-5-13(4)16(14)17/h7-8,11-13,15H,5-6,9-10H2,1-4H3. The van der Waals surface area contributed by atoms with Crippen LogP contribution in [0.25, 0.3) is 0 Å². The summed E-state index contributed by atoms with van der Waals surface area (Å²) in [7, 11) is 0. The van der Waals surface area contributed by atoms with Gasteiger partial charge in [-0.25, -0.2) is 0 Å². The van der Waals surface area contributed by atoms with Gasteiger partial charge in [-0.3, -0.25) is 4.98 Å². The van der Waals surface area contributed by atoms with E-state index in [0.29, 0.717) is 36.5 Å². The Labute approximate surface area is 126 Å². The molecule has 1 heterocycles. The summed E-state index contributed by atoms with van der Waals surface area (Å²) in [5, 5.41) is 0. The van der Waals surface area contributed by atoms with Crippen molar-refractivity contribution in [3.63, 3.8) is 0 Å². The fourth-order valence-electron chi connectivity index (χ4n) is 3.22. The van der Waals surface area contributed by atoms with E-state index < -0.39 is 6.10 Å². The Balaban J connectivity index is 2.14. The van der Waals surface area contributed by atoms with E-state index in [1.807, 2.05) is 6.07 Å². The van der Waals surface area contributed by atoms with Crippen molar-refractivity contribution in [1.82, 2.24) is 4.98 Å². The van der Waals surface area contributed by atoms with E-state index in [2.05, 4.69) is 37.6 Å². The average Bonchev–Trinajstić information content (AvgIpc) is 2.44. The van der Waals surface area contributed by atoms with Crippen LogP contribution in [0.4, 0.5) is 4.53 Å². The lowest BCUT2D eigenvalue weighted by atomic mass is 9.85. The molecule has 3 atom stereocenters. The first-order valence-corrected chi connectivity index (χ1v) is 7.91. The lowest BCUT2D eigenvalue weighted by molar-refractivity contribution is -0.188. The van der Waals surface area contributed by atoms with Crippen LogP contribution in [-0.4, -0.2) is 11.6 Å². The van der Waals surface area contributed by atoms with E-state index in [-0.39, 0.29) is 0 Å². The SMILES string of the molecule is CC(C)CC(C)COc1ccnc2c1C(C)CCC2OF. The molecule has 1 aliphatic carbocycles. The Hall–Kier alpha value is -1.16. The zero-order chi connectivity index (χ0) is 15.4. The van der Waals surface area contributed by atoms with Crippen molar-refractivity contribution >= 4 is 0 Å². The first-order chi connectivity index (χ1) is 10.0. The molecule has 0 fully saturated rings. The minimum Gasteiger partial charge on any atom is -0.493 e. The van der Waals surface area contributed by atoms with Crippen LogP contribution in [0.15, 0.2) is 12.3 Å². The number of nitrogens with zero attached hydrogens (tertiary/aromatic N) is 1. The van der Waals surface area contributed by atoms with Crippen molar-refractivity contribution in [2.75, 3.05) is 6.61 Å². The predicted octanol–water partition coefficient (Wildman–Crippen LogP) is 4.98. The van der Waals surface area contributed by atoms with Crippen LogP contribution in [-0.2, 0) is 4.94 Å². The molecule has 0 N–H and O–H groups in total. The smallest absolute Gasteiger partial charge is 0.141 e. The van der Waals surface area contributed by atoms with Crippen molar-refractivity contribution in [2.24, 2.45) is 11.8 Å². The van der Waals surface area contributed by atoms with Crippen LogP contribution in [0.3, 0.4) is 0 Å². The van der Waals surface area contributed by atoms with Gasteiger partial charge < -0.3 is 4.74 Å². The third-order valence-corrected chi connectivity index (χ3v) is 4.15. The van der Waals surface area contributed by atoms with E-state index in [1.54, 1.807) is 6.20 Å². The second kappa shape index (κ2) is 7.21. The number of ether oxygens (including phenoxy) is 1. The maximum atomic E-state index is 12.7. The first kappa shape index (κ1) is 16.2. The summed E-state index contributed by atoms with van der Waals surface area (Å²) in [6.07, 6.45) is 3.84. The molecule has 0 aromatic carbocycles. The predicted molar refractivity (Wildman–Crippen MR) is 80.9 cm³/mol. The molecular weight excluding hydrogens is 269 g/mol. The molecular formula is C17H26FNO2. The van der Waals surface area contributed by atoms with Gasteiger partial charge in [0, 0.05) is 11.8 Å². The molecule has 2 rings (SSSR count). The molecule has 0 radical (unpaired) electrons. The Morgan fingerprint density at radius 3 is 2.76 bits per heavy atom. The summed E-state index contributed by atoms with van der Waals surface area (Å²) in [4.78, 5) is 8.39. The monoisotopic (exact) mass is 295 g/mol. The molecule has 21 heavy (non-hydrogen) atoms. The molecule has 3 unspecified atom stereocenters. The normalized spacial score (nSPS) is 23.0. The van der Waals surface area contributed by atoms with Crippen LogP contribution in [0.1, 0.15) is 70.2 Å². The summed E-state index contributed by atoms with van der Waals surface area (Å²) in [5.41, 5.74) is 1.72. The number of fused-ring (bicyclic) bond motifs is 1. The van der Waals surface area contributed by atoms with Crippen LogP contribution in [0.2, 0.25) is 0 Å². The highest BCUT2D eigenvalue weighted by molar-refractivity contribution is 5.41. The quantitative estimate of drug-likeness (QED) is 0.741. The summed E-state index contributed by atoms with van der Waals surface area (Å²) in [5.74, 6) is 2.33. The average molecular weight is 295 g/mol. The molecule has 0 spiro atoms. The zero-order valence-electron chi connectivity index (χ0n) is 13.4. The fraction of sp³-hybridized carbons (Fsp3) is 0.706. The highest BCUT2D eigenvalue weighted by Crippen LogP contribution is 2.42. The van der Waals surface area contributed by atoms with Crippen molar-refractivity contribution in [2.45, 2.75) is 59.0 Å². The van der Waals surface area contributed by atoms with Gasteiger partial charge in [0.25, 0.3) is 0 Å². The third-order valence-electron chi connectivity index (χ3n) is 4.15. The van der Waals surface area contributed by atoms with Crippen molar-refractivity contribution in [3.8, 4) is 5.75 Å². The van der Waals surface area contributed by atoms with Crippen LogP contribution >= 0.6 is 0 Å².